The first kappa shape index (κ1) is 9.45. The van der Waals surface area contributed by atoms with Gasteiger partial charge in [0.25, 0.3) is 0 Å². The molecule has 1 nitrogen and oxygen atoms in total. The van der Waals surface area contributed by atoms with Crippen molar-refractivity contribution >= 4 is 5.78 Å². The predicted octanol–water partition coefficient (Wildman–Crippen LogP) is 3.23. The molecule has 1 heteroatoms. The average Bonchev–Trinajstić information content (AvgIpc) is 3.02. The number of Topliss-reactive ketones (excluding diaryl/α,β-unsaturated/α-hetero) is 1. The van der Waals surface area contributed by atoms with E-state index in [-0.39, 0.29) is 0 Å². The van der Waals surface area contributed by atoms with Crippen molar-refractivity contribution < 1.29 is 4.79 Å². The summed E-state index contributed by atoms with van der Waals surface area (Å²) in [5.41, 5.74) is 2.16. The van der Waals surface area contributed by atoms with Crippen molar-refractivity contribution in [2.45, 2.75) is 32.6 Å². The molecule has 0 saturated heterocycles. The van der Waals surface area contributed by atoms with Crippen LogP contribution in [-0.2, 0) is 6.42 Å². The lowest BCUT2D eigenvalue weighted by molar-refractivity contribution is 0.0976. The molecule has 74 valence electrons. The molecule has 0 aromatic heterocycles. The van der Waals surface area contributed by atoms with E-state index in [1.807, 2.05) is 18.2 Å². The molecule has 1 fully saturated rings. The van der Waals surface area contributed by atoms with Gasteiger partial charge in [0, 0.05) is 12.0 Å². The number of carbonyl (C=O) groups excluding carboxylic acids is 1. The van der Waals surface area contributed by atoms with Crippen LogP contribution in [0.1, 0.15) is 42.1 Å². The molecule has 0 heterocycles. The zero-order valence-corrected chi connectivity index (χ0v) is 8.62. The van der Waals surface area contributed by atoms with Gasteiger partial charge in [0.2, 0.25) is 0 Å². The number of hydrogen-bond donors (Lipinski definition) is 0. The standard InChI is InChI=1S/C13H16O/c1-2-10-4-3-5-12(8-10)13(14)9-11-6-7-11/h3-5,8,11H,2,6-7,9H2,1H3. The molecule has 14 heavy (non-hydrogen) atoms. The highest BCUT2D eigenvalue weighted by Gasteiger charge is 2.24. The number of benzene rings is 1. The van der Waals surface area contributed by atoms with Crippen molar-refractivity contribution in [3.63, 3.8) is 0 Å². The van der Waals surface area contributed by atoms with Crippen LogP contribution in [0.25, 0.3) is 0 Å². The summed E-state index contributed by atoms with van der Waals surface area (Å²) in [6.45, 7) is 2.12. The topological polar surface area (TPSA) is 17.1 Å². The monoisotopic (exact) mass is 188 g/mol. The van der Waals surface area contributed by atoms with Crippen LogP contribution in [0.2, 0.25) is 0 Å². The van der Waals surface area contributed by atoms with Crippen LogP contribution < -0.4 is 0 Å². The molecule has 1 aliphatic rings. The van der Waals surface area contributed by atoms with Gasteiger partial charge >= 0.3 is 0 Å². The summed E-state index contributed by atoms with van der Waals surface area (Å²) in [6.07, 6.45) is 4.26. The molecule has 2 rings (SSSR count). The van der Waals surface area contributed by atoms with E-state index in [0.29, 0.717) is 11.7 Å². The second kappa shape index (κ2) is 3.95. The number of carbonyl (C=O) groups is 1. The lowest BCUT2D eigenvalue weighted by atomic mass is 10.0. The number of hydrogen-bond acceptors (Lipinski definition) is 1. The molecule has 0 unspecified atom stereocenters. The van der Waals surface area contributed by atoms with E-state index < -0.39 is 0 Å². The van der Waals surface area contributed by atoms with Crippen molar-refractivity contribution in [2.24, 2.45) is 5.92 Å². The van der Waals surface area contributed by atoms with Crippen LogP contribution in [-0.4, -0.2) is 5.78 Å². The normalized spacial score (nSPS) is 15.5. The van der Waals surface area contributed by atoms with E-state index >= 15 is 0 Å². The summed E-state index contributed by atoms with van der Waals surface area (Å²) in [5, 5.41) is 0. The Morgan fingerprint density at radius 2 is 2.21 bits per heavy atom. The van der Waals surface area contributed by atoms with E-state index in [2.05, 4.69) is 13.0 Å². The SMILES string of the molecule is CCc1cccc(C(=O)CC2CC2)c1. The minimum absolute atomic E-state index is 0.322. The first-order valence-electron chi connectivity index (χ1n) is 5.41. The zero-order chi connectivity index (χ0) is 9.97. The minimum Gasteiger partial charge on any atom is -0.294 e. The Balaban J connectivity index is 2.09. The molecule has 1 aromatic carbocycles. The predicted molar refractivity (Wildman–Crippen MR) is 57.5 cm³/mol. The molecule has 0 bridgehead atoms. The van der Waals surface area contributed by atoms with Gasteiger partial charge in [-0.05, 0) is 36.8 Å². The van der Waals surface area contributed by atoms with Crippen LogP contribution in [0.3, 0.4) is 0 Å². The molecular weight excluding hydrogens is 172 g/mol. The van der Waals surface area contributed by atoms with Crippen molar-refractivity contribution in [1.29, 1.82) is 0 Å². The Morgan fingerprint density at radius 1 is 1.43 bits per heavy atom. The summed E-state index contributed by atoms with van der Waals surface area (Å²) in [6, 6.07) is 8.03. The van der Waals surface area contributed by atoms with Gasteiger partial charge in [-0.1, -0.05) is 25.1 Å². The van der Waals surface area contributed by atoms with Crippen LogP contribution >= 0.6 is 0 Å². The largest absolute Gasteiger partial charge is 0.294 e. The molecule has 0 spiro atoms. The zero-order valence-electron chi connectivity index (χ0n) is 8.62. The van der Waals surface area contributed by atoms with Crippen LogP contribution in [0.4, 0.5) is 0 Å². The molecule has 0 atom stereocenters. The summed E-state index contributed by atoms with van der Waals surface area (Å²) in [4.78, 5) is 11.8. The van der Waals surface area contributed by atoms with Gasteiger partial charge in [-0.3, -0.25) is 4.79 Å². The lowest BCUT2D eigenvalue weighted by Crippen LogP contribution is -2.00. The van der Waals surface area contributed by atoms with E-state index in [4.69, 9.17) is 0 Å². The lowest BCUT2D eigenvalue weighted by Gasteiger charge is -2.01. The Morgan fingerprint density at radius 3 is 2.86 bits per heavy atom. The fraction of sp³-hybridized carbons (Fsp3) is 0.462. The second-order valence-corrected chi connectivity index (χ2v) is 4.12. The molecule has 0 amide bonds. The Bertz CT molecular complexity index is 337. The maximum atomic E-state index is 11.8. The second-order valence-electron chi connectivity index (χ2n) is 4.12. The van der Waals surface area contributed by atoms with Crippen molar-refractivity contribution in [1.82, 2.24) is 0 Å². The fourth-order valence-electron chi connectivity index (χ4n) is 1.67. The summed E-state index contributed by atoms with van der Waals surface area (Å²) in [5.74, 6) is 1.01. The summed E-state index contributed by atoms with van der Waals surface area (Å²) < 4.78 is 0. The van der Waals surface area contributed by atoms with Gasteiger partial charge in [0.05, 0.1) is 0 Å². The highest BCUT2D eigenvalue weighted by atomic mass is 16.1. The van der Waals surface area contributed by atoms with Gasteiger partial charge in [-0.2, -0.15) is 0 Å². The quantitative estimate of drug-likeness (QED) is 0.663. The average molecular weight is 188 g/mol. The Hall–Kier alpha value is -1.11. The minimum atomic E-state index is 0.322. The van der Waals surface area contributed by atoms with Crippen LogP contribution in [0, 0.1) is 5.92 Å². The molecule has 1 aliphatic carbocycles. The molecular formula is C13H16O. The van der Waals surface area contributed by atoms with Gasteiger partial charge < -0.3 is 0 Å². The molecule has 1 aromatic rings. The maximum absolute atomic E-state index is 11.8. The van der Waals surface area contributed by atoms with Crippen LogP contribution in [0.15, 0.2) is 24.3 Å². The highest BCUT2D eigenvalue weighted by Crippen LogP contribution is 2.33. The van der Waals surface area contributed by atoms with E-state index in [0.717, 1.165) is 18.4 Å². The highest BCUT2D eigenvalue weighted by molar-refractivity contribution is 5.96. The third kappa shape index (κ3) is 2.22. The molecule has 0 aliphatic heterocycles. The van der Waals surface area contributed by atoms with Crippen molar-refractivity contribution in [2.75, 3.05) is 0 Å². The molecule has 0 radical (unpaired) electrons. The summed E-state index contributed by atoms with van der Waals surface area (Å²) >= 11 is 0. The third-order valence-corrected chi connectivity index (χ3v) is 2.83. The summed E-state index contributed by atoms with van der Waals surface area (Å²) in [7, 11) is 0. The van der Waals surface area contributed by atoms with Gasteiger partial charge in [0.1, 0.15) is 0 Å². The van der Waals surface area contributed by atoms with E-state index in [1.165, 1.54) is 18.4 Å². The van der Waals surface area contributed by atoms with Gasteiger partial charge in [0.15, 0.2) is 5.78 Å². The van der Waals surface area contributed by atoms with Crippen LogP contribution in [0.5, 0.6) is 0 Å². The van der Waals surface area contributed by atoms with E-state index in [9.17, 15) is 4.79 Å². The van der Waals surface area contributed by atoms with Gasteiger partial charge in [-0.25, -0.2) is 0 Å². The first-order chi connectivity index (χ1) is 6.79. The number of ketones is 1. The van der Waals surface area contributed by atoms with Gasteiger partial charge in [-0.15, -0.1) is 0 Å². The molecule has 1 saturated carbocycles. The first-order valence-corrected chi connectivity index (χ1v) is 5.41. The Kier molecular flexibility index (Phi) is 2.67. The molecule has 0 N–H and O–H groups in total. The number of rotatable bonds is 4. The smallest absolute Gasteiger partial charge is 0.163 e. The van der Waals surface area contributed by atoms with Crippen molar-refractivity contribution in [3.8, 4) is 0 Å². The number of aryl methyl sites for hydroxylation is 1. The van der Waals surface area contributed by atoms with E-state index in [1.54, 1.807) is 0 Å². The third-order valence-electron chi connectivity index (χ3n) is 2.83. The Labute approximate surface area is 85.1 Å². The maximum Gasteiger partial charge on any atom is 0.163 e. The van der Waals surface area contributed by atoms with Crippen molar-refractivity contribution in [3.05, 3.63) is 35.4 Å². The fourth-order valence-corrected chi connectivity index (χ4v) is 1.67.